The maximum Gasteiger partial charge on any atom is 0.207 e. The number of benzene rings is 4. The van der Waals surface area contributed by atoms with E-state index in [9.17, 15) is 28.8 Å². The van der Waals surface area contributed by atoms with Crippen LogP contribution in [0.5, 0.6) is 23.0 Å². The molecule has 0 aromatic heterocycles. The first-order valence-electron chi connectivity index (χ1n) is 13.2. The van der Waals surface area contributed by atoms with Crippen molar-refractivity contribution >= 4 is 9.84 Å². The lowest BCUT2D eigenvalue weighted by atomic mass is 9.92. The summed E-state index contributed by atoms with van der Waals surface area (Å²) in [7, 11) is -3.93. The number of hydrogen-bond acceptors (Lipinski definition) is 6. The Morgan fingerprint density at radius 2 is 0.821 bits per heavy atom. The van der Waals surface area contributed by atoms with Crippen molar-refractivity contribution < 1.29 is 28.8 Å². The van der Waals surface area contributed by atoms with Crippen LogP contribution in [0.25, 0.3) is 22.3 Å². The fraction of sp³-hybridized carbons (Fsp3) is 0.250. The zero-order valence-electron chi connectivity index (χ0n) is 22.6. The van der Waals surface area contributed by atoms with Crippen LogP contribution in [0, 0.1) is 0 Å². The van der Waals surface area contributed by atoms with Crippen molar-refractivity contribution in [3.63, 3.8) is 0 Å². The second-order valence-electron chi connectivity index (χ2n) is 9.46. The summed E-state index contributed by atoms with van der Waals surface area (Å²) >= 11 is 0. The summed E-state index contributed by atoms with van der Waals surface area (Å²) in [6.07, 6.45) is 2.07. The lowest BCUT2D eigenvalue weighted by molar-refractivity contribution is 0.450. The van der Waals surface area contributed by atoms with E-state index in [2.05, 4.69) is 0 Å². The molecule has 4 rings (SSSR count). The highest BCUT2D eigenvalue weighted by molar-refractivity contribution is 7.91. The Labute approximate surface area is 229 Å². The van der Waals surface area contributed by atoms with Crippen molar-refractivity contribution in [1.82, 2.24) is 0 Å². The van der Waals surface area contributed by atoms with Crippen LogP contribution in [0.1, 0.15) is 49.9 Å². The van der Waals surface area contributed by atoms with Gasteiger partial charge in [-0.3, -0.25) is 0 Å². The number of aromatic hydroxyl groups is 4. The van der Waals surface area contributed by atoms with Crippen LogP contribution in [-0.4, -0.2) is 28.8 Å². The van der Waals surface area contributed by atoms with Crippen LogP contribution in [0.15, 0.2) is 70.5 Å². The molecule has 204 valence electrons. The Kier molecular flexibility index (Phi) is 7.93. The normalized spacial score (nSPS) is 11.6. The van der Waals surface area contributed by atoms with Crippen LogP contribution in [0.3, 0.4) is 0 Å². The van der Waals surface area contributed by atoms with Gasteiger partial charge in [-0.1, -0.05) is 39.8 Å². The minimum atomic E-state index is -3.93. The highest BCUT2D eigenvalue weighted by atomic mass is 32.2. The van der Waals surface area contributed by atoms with Crippen LogP contribution < -0.4 is 0 Å². The van der Waals surface area contributed by atoms with Gasteiger partial charge in [0.05, 0.1) is 9.79 Å². The Bertz CT molecular complexity index is 1540. The first kappa shape index (κ1) is 28.0. The molecule has 4 aromatic rings. The number of sulfone groups is 1. The number of phenols is 4. The van der Waals surface area contributed by atoms with Crippen molar-refractivity contribution in [2.24, 2.45) is 0 Å². The zero-order valence-corrected chi connectivity index (χ0v) is 23.4. The van der Waals surface area contributed by atoms with Gasteiger partial charge >= 0.3 is 0 Å². The largest absolute Gasteiger partial charge is 0.508 e. The smallest absolute Gasteiger partial charge is 0.207 e. The molecule has 6 nitrogen and oxygen atoms in total. The van der Waals surface area contributed by atoms with Crippen LogP contribution >= 0.6 is 0 Å². The summed E-state index contributed by atoms with van der Waals surface area (Å²) in [5.74, 6) is -0.244. The van der Waals surface area contributed by atoms with Crippen LogP contribution in [0.4, 0.5) is 0 Å². The fourth-order valence-corrected chi connectivity index (χ4v) is 7.46. The second-order valence-corrected chi connectivity index (χ2v) is 11.3. The van der Waals surface area contributed by atoms with Crippen LogP contribution in [0.2, 0.25) is 0 Å². The topological polar surface area (TPSA) is 115 Å². The van der Waals surface area contributed by atoms with Gasteiger partial charge in [0.1, 0.15) is 23.0 Å². The molecule has 0 atom stereocenters. The molecular formula is C32H34O6S. The van der Waals surface area contributed by atoms with Gasteiger partial charge in [-0.05, 0) is 95.5 Å². The van der Waals surface area contributed by atoms with E-state index in [1.54, 1.807) is 36.4 Å². The third kappa shape index (κ3) is 4.94. The van der Waals surface area contributed by atoms with E-state index < -0.39 is 9.84 Å². The second kappa shape index (κ2) is 11.0. The third-order valence-electron chi connectivity index (χ3n) is 7.31. The van der Waals surface area contributed by atoms with Crippen molar-refractivity contribution in [2.45, 2.75) is 63.2 Å². The zero-order chi connectivity index (χ0) is 28.5. The van der Waals surface area contributed by atoms with E-state index in [4.69, 9.17) is 0 Å². The average molecular weight is 547 g/mol. The van der Waals surface area contributed by atoms with Gasteiger partial charge in [0.15, 0.2) is 0 Å². The van der Waals surface area contributed by atoms with Gasteiger partial charge in [-0.15, -0.1) is 0 Å². The van der Waals surface area contributed by atoms with Gasteiger partial charge in [0.25, 0.3) is 0 Å². The van der Waals surface area contributed by atoms with Gasteiger partial charge in [0, 0.05) is 23.3 Å². The van der Waals surface area contributed by atoms with Crippen LogP contribution in [-0.2, 0) is 35.5 Å². The predicted molar refractivity (Wildman–Crippen MR) is 153 cm³/mol. The molecular weight excluding hydrogens is 512 g/mol. The van der Waals surface area contributed by atoms with E-state index in [1.165, 1.54) is 24.3 Å². The SMILES string of the molecule is CCc1c(-c2ccc(O)cc2O)ccc(S(=O)(=O)c2ccc(-c3ccc(O)cc3O)c(CC)c2CC)c1CC. The monoisotopic (exact) mass is 546 g/mol. The van der Waals surface area contributed by atoms with Gasteiger partial charge in [-0.2, -0.15) is 0 Å². The summed E-state index contributed by atoms with van der Waals surface area (Å²) in [5, 5.41) is 40.5. The molecule has 0 bridgehead atoms. The molecule has 0 saturated heterocycles. The fourth-order valence-electron chi connectivity index (χ4n) is 5.55. The molecule has 4 aromatic carbocycles. The van der Waals surface area contributed by atoms with E-state index >= 15 is 0 Å². The average Bonchev–Trinajstić information content (AvgIpc) is 2.91. The molecule has 0 unspecified atom stereocenters. The summed E-state index contributed by atoms with van der Waals surface area (Å²) in [5.41, 5.74) is 5.58. The highest BCUT2D eigenvalue weighted by Gasteiger charge is 2.28. The number of rotatable bonds is 8. The van der Waals surface area contributed by atoms with Crippen molar-refractivity contribution in [3.05, 3.63) is 82.9 Å². The Morgan fingerprint density at radius 1 is 0.487 bits per heavy atom. The molecule has 0 radical (unpaired) electrons. The first-order chi connectivity index (χ1) is 18.6. The molecule has 7 heteroatoms. The van der Waals surface area contributed by atoms with E-state index in [-0.39, 0.29) is 32.8 Å². The van der Waals surface area contributed by atoms with Gasteiger partial charge < -0.3 is 20.4 Å². The standard InChI is InChI=1S/C32H34O6S/c1-5-21-23(7-3)31(15-13-25(21)27-11-9-19(33)17-29(27)35)39(37,38)32-16-14-26(22(6-2)24(32)8-4)28-12-10-20(34)18-30(28)36/h9-18,33-36H,5-8H2,1-4H3. The molecule has 0 aliphatic rings. The molecule has 0 aliphatic heterocycles. The summed E-state index contributed by atoms with van der Waals surface area (Å²) in [4.78, 5) is 0.474. The Balaban J connectivity index is 1.94. The molecule has 0 saturated carbocycles. The summed E-state index contributed by atoms with van der Waals surface area (Å²) in [6, 6.07) is 15.5. The lowest BCUT2D eigenvalue weighted by Crippen LogP contribution is -2.12. The van der Waals surface area contributed by atoms with E-state index in [0.717, 1.165) is 22.3 Å². The number of phenolic OH excluding ortho intramolecular Hbond substituents is 4. The molecule has 0 aliphatic carbocycles. The first-order valence-corrected chi connectivity index (χ1v) is 14.7. The Hall–Kier alpha value is -3.97. The third-order valence-corrected chi connectivity index (χ3v) is 9.24. The maximum absolute atomic E-state index is 14.3. The van der Waals surface area contributed by atoms with Gasteiger partial charge in [-0.25, -0.2) is 8.42 Å². The molecule has 4 N–H and O–H groups in total. The lowest BCUT2D eigenvalue weighted by Gasteiger charge is -2.21. The summed E-state index contributed by atoms with van der Waals surface area (Å²) in [6.45, 7) is 7.75. The van der Waals surface area contributed by atoms with E-state index in [0.29, 0.717) is 47.9 Å². The minimum Gasteiger partial charge on any atom is -0.508 e. The van der Waals surface area contributed by atoms with Crippen molar-refractivity contribution in [1.29, 1.82) is 0 Å². The molecule has 0 amide bonds. The quantitative estimate of drug-likeness (QED) is 0.191. The maximum atomic E-state index is 14.3. The minimum absolute atomic E-state index is 0.0490. The highest BCUT2D eigenvalue weighted by Crippen LogP contribution is 2.41. The molecule has 0 spiro atoms. The number of hydrogen-bond donors (Lipinski definition) is 4. The predicted octanol–water partition coefficient (Wildman–Crippen LogP) is 6.93. The molecule has 0 fully saturated rings. The van der Waals surface area contributed by atoms with Crippen molar-refractivity contribution in [2.75, 3.05) is 0 Å². The van der Waals surface area contributed by atoms with E-state index in [1.807, 2.05) is 27.7 Å². The molecule has 39 heavy (non-hydrogen) atoms. The molecule has 0 heterocycles. The Morgan fingerprint density at radius 3 is 1.13 bits per heavy atom. The summed E-state index contributed by atoms with van der Waals surface area (Å²) < 4.78 is 28.6. The van der Waals surface area contributed by atoms with Crippen molar-refractivity contribution in [3.8, 4) is 45.3 Å². The van der Waals surface area contributed by atoms with Gasteiger partial charge in [0.2, 0.25) is 9.84 Å².